The zero-order chi connectivity index (χ0) is 5.11. The van der Waals surface area contributed by atoms with Gasteiger partial charge >= 0.3 is 0 Å². The molecule has 0 amide bonds. The molecule has 0 saturated carbocycles. The summed E-state index contributed by atoms with van der Waals surface area (Å²) in [7, 11) is 0. The number of rotatable bonds is 0. The van der Waals surface area contributed by atoms with Gasteiger partial charge in [-0.05, 0) is 0 Å². The molecule has 0 aliphatic rings. The largest absolute Gasteiger partial charge is 0.449 e. The molecule has 0 atom stereocenters. The van der Waals surface area contributed by atoms with Gasteiger partial charge in [0.05, 0.1) is 0 Å². The summed E-state index contributed by atoms with van der Waals surface area (Å²) in [5.74, 6) is 0. The number of anilines is 1. The average Bonchev–Trinajstić information content (AvgIpc) is 1.69. The van der Waals surface area contributed by atoms with Crippen LogP contribution in [-0.4, -0.2) is 0 Å². The van der Waals surface area contributed by atoms with Gasteiger partial charge in [0.15, 0.2) is 0 Å². The molecule has 1 radical (unpaired) electrons. The zero-order valence-electron chi connectivity index (χ0n) is 4.33. The van der Waals surface area contributed by atoms with Crippen LogP contribution < -0.4 is 5.73 Å². The van der Waals surface area contributed by atoms with Crippen LogP contribution in [0.5, 0.6) is 0 Å². The van der Waals surface area contributed by atoms with Crippen LogP contribution in [0, 0.1) is 6.07 Å². The molecule has 1 aromatic rings. The summed E-state index contributed by atoms with van der Waals surface area (Å²) in [6.07, 6.45) is 0. The van der Waals surface area contributed by atoms with Gasteiger partial charge in [-0.1, -0.05) is 5.69 Å². The molecule has 0 fully saturated rings. The first-order valence-corrected chi connectivity index (χ1v) is 2.11. The fraction of sp³-hybridized carbons (Fsp3) is 0. The van der Waals surface area contributed by atoms with Gasteiger partial charge in [-0.25, -0.2) is 0 Å². The van der Waals surface area contributed by atoms with E-state index in [4.69, 9.17) is 5.73 Å². The van der Waals surface area contributed by atoms with Gasteiger partial charge in [0.1, 0.15) is 0 Å². The van der Waals surface area contributed by atoms with E-state index < -0.39 is 0 Å². The van der Waals surface area contributed by atoms with Crippen molar-refractivity contribution in [2.75, 3.05) is 5.73 Å². The fourth-order valence-corrected chi connectivity index (χ4v) is 0.407. The maximum Gasteiger partial charge on any atom is 0 e. The zero-order valence-corrected chi connectivity index (χ0v) is 5.73. The van der Waals surface area contributed by atoms with E-state index in [-0.39, 0.29) is 18.6 Å². The molecule has 0 unspecified atom stereocenters. The standard InChI is InChI=1S/C6H6N.V/c7-6-4-2-1-3-5-6;/h1-2,4-5H,7H2;/q-1;. The first-order chi connectivity index (χ1) is 3.39. The Kier molecular flexibility index (Phi) is 3.41. The minimum Gasteiger partial charge on any atom is -0.449 e. The number of benzene rings is 1. The molecule has 0 heterocycles. The van der Waals surface area contributed by atoms with Gasteiger partial charge in [-0.15, -0.1) is 0 Å². The average molecular weight is 143 g/mol. The molecule has 2 N–H and O–H groups in total. The van der Waals surface area contributed by atoms with Crippen molar-refractivity contribution < 1.29 is 18.6 Å². The molecular weight excluding hydrogens is 137 g/mol. The monoisotopic (exact) mass is 143 g/mol. The Morgan fingerprint density at radius 1 is 1.50 bits per heavy atom. The summed E-state index contributed by atoms with van der Waals surface area (Å²) in [5.41, 5.74) is 6.09. The van der Waals surface area contributed by atoms with Gasteiger partial charge in [0, 0.05) is 18.6 Å². The summed E-state index contributed by atoms with van der Waals surface area (Å²) in [6, 6.07) is 10.1. The van der Waals surface area contributed by atoms with E-state index in [1.54, 1.807) is 6.07 Å². The maximum absolute atomic E-state index is 5.33. The van der Waals surface area contributed by atoms with Gasteiger partial charge < -0.3 is 5.73 Å². The third-order valence-electron chi connectivity index (χ3n) is 0.731. The van der Waals surface area contributed by atoms with Crippen LogP contribution in [0.25, 0.3) is 0 Å². The van der Waals surface area contributed by atoms with E-state index >= 15 is 0 Å². The molecule has 0 saturated heterocycles. The van der Waals surface area contributed by atoms with E-state index in [0.717, 1.165) is 5.69 Å². The van der Waals surface area contributed by atoms with E-state index in [0.29, 0.717) is 0 Å². The molecule has 8 heavy (non-hydrogen) atoms. The molecule has 0 bridgehead atoms. The van der Waals surface area contributed by atoms with Crippen LogP contribution in [0.2, 0.25) is 0 Å². The second-order valence-electron chi connectivity index (χ2n) is 1.34. The second kappa shape index (κ2) is 3.59. The van der Waals surface area contributed by atoms with Crippen molar-refractivity contribution >= 4 is 5.69 Å². The summed E-state index contributed by atoms with van der Waals surface area (Å²) < 4.78 is 0. The summed E-state index contributed by atoms with van der Waals surface area (Å²) in [6.45, 7) is 0. The third kappa shape index (κ3) is 2.05. The van der Waals surface area contributed by atoms with Gasteiger partial charge in [-0.2, -0.15) is 30.3 Å². The van der Waals surface area contributed by atoms with Crippen LogP contribution in [0.3, 0.4) is 0 Å². The van der Waals surface area contributed by atoms with Gasteiger partial charge in [0.2, 0.25) is 0 Å². The number of nitrogens with two attached hydrogens (primary N) is 1. The molecule has 0 aliphatic heterocycles. The number of nitrogen functional groups attached to an aromatic ring is 1. The topological polar surface area (TPSA) is 26.0 Å². The molecule has 41 valence electrons. The molecule has 1 aromatic carbocycles. The smallest absolute Gasteiger partial charge is 0 e. The maximum atomic E-state index is 5.33. The number of hydrogen-bond donors (Lipinski definition) is 1. The van der Waals surface area contributed by atoms with E-state index in [2.05, 4.69) is 6.07 Å². The quantitative estimate of drug-likeness (QED) is 0.426. The van der Waals surface area contributed by atoms with Crippen LogP contribution in [0.1, 0.15) is 0 Å². The summed E-state index contributed by atoms with van der Waals surface area (Å²) >= 11 is 0. The van der Waals surface area contributed by atoms with Crippen molar-refractivity contribution in [3.05, 3.63) is 30.3 Å². The predicted octanol–water partition coefficient (Wildman–Crippen LogP) is 1.07. The van der Waals surface area contributed by atoms with Crippen molar-refractivity contribution in [2.24, 2.45) is 0 Å². The second-order valence-corrected chi connectivity index (χ2v) is 1.34. The Bertz CT molecular complexity index is 138. The predicted molar refractivity (Wildman–Crippen MR) is 29.7 cm³/mol. The van der Waals surface area contributed by atoms with Crippen molar-refractivity contribution in [1.82, 2.24) is 0 Å². The van der Waals surface area contributed by atoms with E-state index in [9.17, 15) is 0 Å². The Hall–Kier alpha value is -0.396. The molecular formula is C6H6NV-. The summed E-state index contributed by atoms with van der Waals surface area (Å²) in [5, 5.41) is 0. The van der Waals surface area contributed by atoms with Gasteiger partial charge in [-0.3, -0.25) is 0 Å². The van der Waals surface area contributed by atoms with Crippen LogP contribution in [0.4, 0.5) is 5.69 Å². The fourth-order valence-electron chi connectivity index (χ4n) is 0.407. The van der Waals surface area contributed by atoms with Crippen LogP contribution >= 0.6 is 0 Å². The molecule has 1 rings (SSSR count). The summed E-state index contributed by atoms with van der Waals surface area (Å²) in [4.78, 5) is 0. The number of hydrogen-bond acceptors (Lipinski definition) is 1. The Labute approximate surface area is 60.8 Å². The van der Waals surface area contributed by atoms with Crippen LogP contribution in [0.15, 0.2) is 24.3 Å². The first kappa shape index (κ1) is 7.60. The molecule has 1 nitrogen and oxygen atoms in total. The van der Waals surface area contributed by atoms with E-state index in [1.807, 2.05) is 18.2 Å². The van der Waals surface area contributed by atoms with Crippen molar-refractivity contribution in [1.29, 1.82) is 0 Å². The van der Waals surface area contributed by atoms with Gasteiger partial charge in [0.25, 0.3) is 0 Å². The minimum absolute atomic E-state index is 0. The molecule has 0 aliphatic carbocycles. The Morgan fingerprint density at radius 3 is 2.50 bits per heavy atom. The Morgan fingerprint density at radius 2 is 2.25 bits per heavy atom. The van der Waals surface area contributed by atoms with Crippen LogP contribution in [-0.2, 0) is 18.6 Å². The molecule has 0 aromatic heterocycles. The SMILES string of the molecule is Nc1c[c-]ccc1.[V]. The van der Waals surface area contributed by atoms with Crippen molar-refractivity contribution in [3.8, 4) is 0 Å². The third-order valence-corrected chi connectivity index (χ3v) is 0.731. The molecule has 0 spiro atoms. The molecule has 2 heteroatoms. The first-order valence-electron chi connectivity index (χ1n) is 2.11. The minimum atomic E-state index is 0. The van der Waals surface area contributed by atoms with Crippen molar-refractivity contribution in [3.63, 3.8) is 0 Å². The normalized spacial score (nSPS) is 7.50. The van der Waals surface area contributed by atoms with Crippen molar-refractivity contribution in [2.45, 2.75) is 0 Å². The van der Waals surface area contributed by atoms with E-state index in [1.165, 1.54) is 0 Å². The Balaban J connectivity index is 0.000000490.